The van der Waals surface area contributed by atoms with Crippen LogP contribution in [0.2, 0.25) is 0 Å². The van der Waals surface area contributed by atoms with Crippen molar-refractivity contribution in [1.82, 2.24) is 0 Å². The lowest BCUT2D eigenvalue weighted by atomic mass is 9.69. The number of hydrogen-bond acceptors (Lipinski definition) is 2. The molecule has 1 unspecified atom stereocenters. The predicted octanol–water partition coefficient (Wildman–Crippen LogP) is 12.6. The van der Waals surface area contributed by atoms with Crippen molar-refractivity contribution < 1.29 is 22.7 Å². The number of carbonyl (C=O) groups is 1. The minimum Gasteiger partial charge on any atom is -0.463 e. The molecule has 1 aliphatic carbocycles. The minimum absolute atomic E-state index is 0.0408. The Balaban J connectivity index is 1.37. The Morgan fingerprint density at radius 3 is 1.86 bits per heavy atom. The van der Waals surface area contributed by atoms with Crippen molar-refractivity contribution in [1.29, 1.82) is 0 Å². The summed E-state index contributed by atoms with van der Waals surface area (Å²) in [6, 6.07) is 39.8. The molecule has 1 atom stereocenters. The van der Waals surface area contributed by atoms with E-state index in [1.54, 1.807) is 0 Å². The molecule has 0 radical (unpaired) electrons. The van der Waals surface area contributed by atoms with Crippen LogP contribution in [0.15, 0.2) is 140 Å². The molecule has 0 bridgehead atoms. The van der Waals surface area contributed by atoms with E-state index in [0.29, 0.717) is 12.2 Å². The summed E-state index contributed by atoms with van der Waals surface area (Å²) in [6.07, 6.45) is -1.49. The van der Waals surface area contributed by atoms with Gasteiger partial charge in [0.1, 0.15) is 0 Å². The highest BCUT2D eigenvalue weighted by molar-refractivity contribution is 6.21. The maximum Gasteiger partial charge on any atom is 0.389 e. The van der Waals surface area contributed by atoms with Gasteiger partial charge in [-0.1, -0.05) is 128 Å². The van der Waals surface area contributed by atoms with Crippen LogP contribution in [-0.4, -0.2) is 18.8 Å². The third-order valence-corrected chi connectivity index (χ3v) is 10.4. The maximum atomic E-state index is 12.9. The molecule has 0 heterocycles. The molecule has 0 saturated heterocycles. The van der Waals surface area contributed by atoms with Gasteiger partial charge in [0, 0.05) is 17.9 Å². The van der Waals surface area contributed by atoms with E-state index < -0.39 is 24.0 Å². The number of hydrogen-bond donors (Lipinski definition) is 0. The van der Waals surface area contributed by atoms with Gasteiger partial charge in [-0.05, 0) is 110 Å². The van der Waals surface area contributed by atoms with Crippen LogP contribution < -0.4 is 0 Å². The van der Waals surface area contributed by atoms with Crippen molar-refractivity contribution in [2.45, 2.75) is 50.6 Å². The monoisotopic (exact) mass is 680 g/mol. The smallest absolute Gasteiger partial charge is 0.389 e. The number of fused-ring (bicyclic) bond motifs is 5. The molecule has 1 aliphatic rings. The van der Waals surface area contributed by atoms with E-state index in [1.807, 2.05) is 36.4 Å². The Bertz CT molecular complexity index is 2240. The Hall–Kier alpha value is -5.42. The number of unbranched alkanes of at least 4 members (excludes halogenated alkanes) is 1. The van der Waals surface area contributed by atoms with Crippen molar-refractivity contribution in [2.24, 2.45) is 0 Å². The number of aryl methyl sites for hydroxylation is 1. The number of ether oxygens (including phenoxy) is 1. The number of rotatable bonds is 11. The summed E-state index contributed by atoms with van der Waals surface area (Å²) in [5, 5.41) is 4.37. The van der Waals surface area contributed by atoms with Crippen LogP contribution in [0.1, 0.15) is 49.3 Å². The van der Waals surface area contributed by atoms with E-state index in [2.05, 4.69) is 98.9 Å². The topological polar surface area (TPSA) is 26.3 Å². The molecule has 51 heavy (non-hydrogen) atoms. The molecule has 0 N–H and O–H groups in total. The lowest BCUT2D eigenvalue weighted by Crippen LogP contribution is -2.26. The highest BCUT2D eigenvalue weighted by Crippen LogP contribution is 2.56. The zero-order chi connectivity index (χ0) is 35.8. The van der Waals surface area contributed by atoms with Crippen LogP contribution in [0.3, 0.4) is 0 Å². The Morgan fingerprint density at radius 1 is 0.725 bits per heavy atom. The largest absolute Gasteiger partial charge is 0.463 e. The molecule has 256 valence electrons. The predicted molar refractivity (Wildman–Crippen MR) is 203 cm³/mol. The number of carbonyl (C=O) groups excluding carboxylic acids is 1. The van der Waals surface area contributed by atoms with Crippen molar-refractivity contribution >= 4 is 27.5 Å². The number of esters is 1. The fourth-order valence-electron chi connectivity index (χ4n) is 8.06. The molecular formula is C46H39F3O2. The van der Waals surface area contributed by atoms with Crippen LogP contribution in [0.25, 0.3) is 54.9 Å². The van der Waals surface area contributed by atoms with Gasteiger partial charge in [0.05, 0.1) is 6.61 Å². The standard InChI is InChI=1S/C46H39F3O2/c1-4-42(50)51-28-12-11-26-45(30(2)3)40-18-10-9-13-34(40)35-24-23-33(29-41(35)45)44-38-16-7-5-14-36(38)43(37-15-6-8-17-39(37)44)32-21-19-31(20-22-32)25-27-46(47,48)49/h4-10,13-24,29H,1-2,11-12,25-28H2,3H3. The molecule has 0 fully saturated rings. The molecule has 6 aromatic carbocycles. The molecule has 0 aromatic heterocycles. The second-order valence-electron chi connectivity index (χ2n) is 13.5. The van der Waals surface area contributed by atoms with Crippen molar-refractivity contribution in [3.8, 4) is 33.4 Å². The second kappa shape index (κ2) is 13.7. The summed E-state index contributed by atoms with van der Waals surface area (Å²) in [7, 11) is 0. The Kier molecular flexibility index (Phi) is 9.15. The number of benzene rings is 6. The third-order valence-electron chi connectivity index (χ3n) is 10.4. The highest BCUT2D eigenvalue weighted by Gasteiger charge is 2.43. The molecule has 5 heteroatoms. The van der Waals surface area contributed by atoms with Gasteiger partial charge in [0.15, 0.2) is 0 Å². The van der Waals surface area contributed by atoms with E-state index >= 15 is 0 Å². The number of alkyl halides is 3. The molecule has 0 spiro atoms. The first-order valence-electron chi connectivity index (χ1n) is 17.4. The summed E-state index contributed by atoms with van der Waals surface area (Å²) >= 11 is 0. The first-order valence-corrected chi connectivity index (χ1v) is 17.4. The quantitative estimate of drug-likeness (QED) is 0.0448. The van der Waals surface area contributed by atoms with E-state index in [9.17, 15) is 18.0 Å². The molecule has 0 saturated carbocycles. The minimum atomic E-state index is -4.19. The van der Waals surface area contributed by atoms with E-state index in [-0.39, 0.29) is 6.42 Å². The van der Waals surface area contributed by atoms with Gasteiger partial charge in [-0.2, -0.15) is 13.2 Å². The van der Waals surface area contributed by atoms with Crippen LogP contribution in [0, 0.1) is 0 Å². The van der Waals surface area contributed by atoms with Crippen LogP contribution in [0.4, 0.5) is 13.2 Å². The lowest BCUT2D eigenvalue weighted by molar-refractivity contribution is -0.138. The fourth-order valence-corrected chi connectivity index (χ4v) is 8.06. The zero-order valence-corrected chi connectivity index (χ0v) is 28.7. The molecule has 0 amide bonds. The zero-order valence-electron chi connectivity index (χ0n) is 28.7. The summed E-state index contributed by atoms with van der Waals surface area (Å²) in [4.78, 5) is 11.7. The maximum absolute atomic E-state index is 12.9. The Morgan fingerprint density at radius 2 is 1.27 bits per heavy atom. The molecule has 7 rings (SSSR count). The summed E-state index contributed by atoms with van der Waals surface area (Å²) < 4.78 is 44.1. The van der Waals surface area contributed by atoms with Gasteiger partial charge in [0.2, 0.25) is 0 Å². The van der Waals surface area contributed by atoms with Gasteiger partial charge in [0.25, 0.3) is 0 Å². The summed E-state index contributed by atoms with van der Waals surface area (Å²) in [5.74, 6) is -0.408. The average Bonchev–Trinajstić information content (AvgIpc) is 3.42. The molecule has 2 nitrogen and oxygen atoms in total. The molecule has 6 aromatic rings. The average molecular weight is 681 g/mol. The van der Waals surface area contributed by atoms with Gasteiger partial charge >= 0.3 is 12.1 Å². The first-order chi connectivity index (χ1) is 24.6. The van der Waals surface area contributed by atoms with E-state index in [1.165, 1.54) is 28.3 Å². The molecular weight excluding hydrogens is 641 g/mol. The number of allylic oxidation sites excluding steroid dienone is 1. The molecule has 0 aliphatic heterocycles. The van der Waals surface area contributed by atoms with Crippen LogP contribution >= 0.6 is 0 Å². The number of halogens is 3. The first kappa shape index (κ1) is 34.0. The summed E-state index contributed by atoms with van der Waals surface area (Å²) in [6.45, 7) is 10.5. The van der Waals surface area contributed by atoms with Crippen molar-refractivity contribution in [3.63, 3.8) is 0 Å². The normalized spacial score (nSPS) is 15.1. The van der Waals surface area contributed by atoms with Gasteiger partial charge in [-0.3, -0.25) is 0 Å². The fraction of sp³-hybridized carbons (Fsp3) is 0.196. The van der Waals surface area contributed by atoms with Crippen LogP contribution in [0.5, 0.6) is 0 Å². The van der Waals surface area contributed by atoms with Gasteiger partial charge in [-0.15, -0.1) is 0 Å². The van der Waals surface area contributed by atoms with Crippen LogP contribution in [-0.2, 0) is 21.4 Å². The summed E-state index contributed by atoms with van der Waals surface area (Å²) in [5.41, 5.74) is 10.5. The van der Waals surface area contributed by atoms with E-state index in [4.69, 9.17) is 4.74 Å². The van der Waals surface area contributed by atoms with Crippen molar-refractivity contribution in [3.05, 3.63) is 157 Å². The third kappa shape index (κ3) is 6.27. The SMILES string of the molecule is C=CC(=O)OCCCCC1(C(=C)C)c2ccccc2-c2ccc(-c3c4ccccc4c(-c4ccc(CCC(F)(F)F)cc4)c4ccccc34)cc21. The van der Waals surface area contributed by atoms with Crippen molar-refractivity contribution in [2.75, 3.05) is 6.61 Å². The van der Waals surface area contributed by atoms with Gasteiger partial charge in [-0.25, -0.2) is 4.79 Å². The van der Waals surface area contributed by atoms with Gasteiger partial charge < -0.3 is 4.74 Å². The Labute approximate surface area is 296 Å². The highest BCUT2D eigenvalue weighted by atomic mass is 19.4. The second-order valence-corrected chi connectivity index (χ2v) is 13.5. The lowest BCUT2D eigenvalue weighted by Gasteiger charge is -2.33. The van der Waals surface area contributed by atoms with E-state index in [0.717, 1.165) is 68.6 Å².